The SMILES string of the molecule is CCC1(C(=O)N2CCOC(c3ccc(Cl)cc3)C2)CCCN1. The molecule has 0 bridgehead atoms. The molecule has 0 spiro atoms. The summed E-state index contributed by atoms with van der Waals surface area (Å²) < 4.78 is 5.86. The van der Waals surface area contributed by atoms with Crippen LogP contribution in [0.1, 0.15) is 37.9 Å². The first-order valence-electron chi connectivity index (χ1n) is 8.06. The van der Waals surface area contributed by atoms with Gasteiger partial charge in [-0.05, 0) is 43.5 Å². The average Bonchev–Trinajstić information content (AvgIpc) is 3.05. The van der Waals surface area contributed by atoms with Crippen LogP contribution in [0.5, 0.6) is 0 Å². The molecule has 1 aromatic rings. The summed E-state index contributed by atoms with van der Waals surface area (Å²) in [6.07, 6.45) is 2.79. The first kappa shape index (κ1) is 15.8. The molecule has 4 nitrogen and oxygen atoms in total. The van der Waals surface area contributed by atoms with Gasteiger partial charge in [0.15, 0.2) is 0 Å². The molecule has 2 atom stereocenters. The van der Waals surface area contributed by atoms with E-state index in [0.29, 0.717) is 24.7 Å². The van der Waals surface area contributed by atoms with Gasteiger partial charge in [0.05, 0.1) is 18.7 Å². The number of nitrogens with one attached hydrogen (secondary N) is 1. The molecule has 1 aromatic carbocycles. The Morgan fingerprint density at radius 2 is 2.23 bits per heavy atom. The second kappa shape index (κ2) is 6.57. The molecule has 22 heavy (non-hydrogen) atoms. The van der Waals surface area contributed by atoms with Crippen molar-refractivity contribution in [1.29, 1.82) is 0 Å². The standard InChI is InChI=1S/C17H23ClN2O2/c1-2-17(8-3-9-19-17)16(21)20-10-11-22-15(12-20)13-4-6-14(18)7-5-13/h4-7,15,19H,2-3,8-12H2,1H3. The summed E-state index contributed by atoms with van der Waals surface area (Å²) in [4.78, 5) is 14.9. The molecule has 5 heteroatoms. The van der Waals surface area contributed by atoms with Crippen LogP contribution >= 0.6 is 11.6 Å². The Balaban J connectivity index is 1.72. The van der Waals surface area contributed by atoms with Gasteiger partial charge in [-0.25, -0.2) is 0 Å². The largest absolute Gasteiger partial charge is 0.370 e. The molecule has 2 unspecified atom stereocenters. The van der Waals surface area contributed by atoms with Crippen LogP contribution in [0.25, 0.3) is 0 Å². The lowest BCUT2D eigenvalue weighted by molar-refractivity contribution is -0.145. The number of morpholine rings is 1. The molecule has 0 aromatic heterocycles. The number of carbonyl (C=O) groups is 1. The van der Waals surface area contributed by atoms with Gasteiger partial charge in [0, 0.05) is 11.6 Å². The van der Waals surface area contributed by atoms with E-state index in [1.165, 1.54) is 0 Å². The summed E-state index contributed by atoms with van der Waals surface area (Å²) in [5.74, 6) is 0.231. The molecule has 0 radical (unpaired) electrons. The smallest absolute Gasteiger partial charge is 0.243 e. The second-order valence-electron chi connectivity index (χ2n) is 6.13. The molecule has 2 aliphatic rings. The van der Waals surface area contributed by atoms with Crippen LogP contribution in [0.15, 0.2) is 24.3 Å². The molecule has 0 aliphatic carbocycles. The van der Waals surface area contributed by atoms with Gasteiger partial charge in [0.2, 0.25) is 5.91 Å². The zero-order valence-electron chi connectivity index (χ0n) is 13.0. The predicted octanol–water partition coefficient (Wildman–Crippen LogP) is 2.77. The summed E-state index contributed by atoms with van der Waals surface area (Å²) in [5, 5.41) is 4.14. The Kier molecular flexibility index (Phi) is 4.71. The lowest BCUT2D eigenvalue weighted by atomic mass is 9.92. The van der Waals surface area contributed by atoms with Crippen molar-refractivity contribution < 1.29 is 9.53 Å². The highest BCUT2D eigenvalue weighted by atomic mass is 35.5. The number of rotatable bonds is 3. The topological polar surface area (TPSA) is 41.6 Å². The fourth-order valence-corrected chi connectivity index (χ4v) is 3.58. The number of hydrogen-bond donors (Lipinski definition) is 1. The van der Waals surface area contributed by atoms with Crippen LogP contribution in [0.2, 0.25) is 5.02 Å². The number of carbonyl (C=O) groups excluding carboxylic acids is 1. The van der Waals surface area contributed by atoms with Crippen LogP contribution in [0.3, 0.4) is 0 Å². The molecule has 1 N–H and O–H groups in total. The molecule has 1 amide bonds. The highest BCUT2D eigenvalue weighted by Crippen LogP contribution is 2.29. The van der Waals surface area contributed by atoms with Crippen LogP contribution in [0.4, 0.5) is 0 Å². The van der Waals surface area contributed by atoms with Crippen molar-refractivity contribution >= 4 is 17.5 Å². The summed E-state index contributed by atoms with van der Waals surface area (Å²) in [6.45, 7) is 4.90. The van der Waals surface area contributed by atoms with Gasteiger partial charge in [0.1, 0.15) is 6.10 Å². The van der Waals surface area contributed by atoms with Gasteiger partial charge >= 0.3 is 0 Å². The van der Waals surface area contributed by atoms with Crippen molar-refractivity contribution in [2.24, 2.45) is 0 Å². The van der Waals surface area contributed by atoms with Crippen LogP contribution in [-0.2, 0) is 9.53 Å². The molecule has 120 valence electrons. The normalized spacial score (nSPS) is 28.8. The minimum atomic E-state index is -0.359. The summed E-state index contributed by atoms with van der Waals surface area (Å²) in [5.41, 5.74) is 0.717. The summed E-state index contributed by atoms with van der Waals surface area (Å²) in [7, 11) is 0. The average molecular weight is 323 g/mol. The van der Waals surface area contributed by atoms with Gasteiger partial charge in [-0.1, -0.05) is 30.7 Å². The molecular formula is C17H23ClN2O2. The highest BCUT2D eigenvalue weighted by molar-refractivity contribution is 6.30. The second-order valence-corrected chi connectivity index (χ2v) is 6.56. The molecule has 3 rings (SSSR count). The quantitative estimate of drug-likeness (QED) is 0.930. The molecule has 2 aliphatic heterocycles. The monoisotopic (exact) mass is 322 g/mol. The van der Waals surface area contributed by atoms with Gasteiger partial charge in [-0.15, -0.1) is 0 Å². The van der Waals surface area contributed by atoms with E-state index >= 15 is 0 Å². The first-order chi connectivity index (χ1) is 10.6. The fourth-order valence-electron chi connectivity index (χ4n) is 3.46. The first-order valence-corrected chi connectivity index (χ1v) is 8.44. The maximum atomic E-state index is 13.0. The van der Waals surface area contributed by atoms with E-state index in [1.807, 2.05) is 29.2 Å². The molecule has 0 saturated carbocycles. The third-order valence-electron chi connectivity index (χ3n) is 4.85. The van der Waals surface area contributed by atoms with Gasteiger partial charge < -0.3 is 15.0 Å². The van der Waals surface area contributed by atoms with Crippen molar-refractivity contribution in [2.45, 2.75) is 37.8 Å². The maximum Gasteiger partial charge on any atom is 0.243 e. The van der Waals surface area contributed by atoms with E-state index < -0.39 is 0 Å². The van der Waals surface area contributed by atoms with Gasteiger partial charge in [0.25, 0.3) is 0 Å². The summed E-state index contributed by atoms with van der Waals surface area (Å²) >= 11 is 5.94. The Hall–Kier alpha value is -1.10. The lowest BCUT2D eigenvalue weighted by Crippen LogP contribution is -2.57. The van der Waals surface area contributed by atoms with E-state index in [-0.39, 0.29) is 17.6 Å². The number of hydrogen-bond acceptors (Lipinski definition) is 3. The van der Waals surface area contributed by atoms with Crippen molar-refractivity contribution in [2.75, 3.05) is 26.2 Å². The Labute approximate surface area is 136 Å². The van der Waals surface area contributed by atoms with E-state index in [4.69, 9.17) is 16.3 Å². The maximum absolute atomic E-state index is 13.0. The van der Waals surface area contributed by atoms with Crippen molar-refractivity contribution in [1.82, 2.24) is 10.2 Å². The molecule has 2 fully saturated rings. The molecule has 2 saturated heterocycles. The van der Waals surface area contributed by atoms with Crippen molar-refractivity contribution in [3.05, 3.63) is 34.9 Å². The van der Waals surface area contributed by atoms with Crippen LogP contribution in [0, 0.1) is 0 Å². The number of benzene rings is 1. The summed E-state index contributed by atoms with van der Waals surface area (Å²) in [6, 6.07) is 7.69. The van der Waals surface area contributed by atoms with Crippen molar-refractivity contribution in [3.63, 3.8) is 0 Å². The van der Waals surface area contributed by atoms with E-state index in [0.717, 1.165) is 31.4 Å². The number of nitrogens with zero attached hydrogens (tertiary/aromatic N) is 1. The molecule has 2 heterocycles. The minimum absolute atomic E-state index is 0.0646. The number of amides is 1. The fraction of sp³-hybridized carbons (Fsp3) is 0.588. The molecular weight excluding hydrogens is 300 g/mol. The van der Waals surface area contributed by atoms with Gasteiger partial charge in [-0.3, -0.25) is 4.79 Å². The van der Waals surface area contributed by atoms with E-state index in [2.05, 4.69) is 12.2 Å². The van der Waals surface area contributed by atoms with E-state index in [9.17, 15) is 4.79 Å². The number of halogens is 1. The Morgan fingerprint density at radius 3 is 2.86 bits per heavy atom. The van der Waals surface area contributed by atoms with Crippen molar-refractivity contribution in [3.8, 4) is 0 Å². The Morgan fingerprint density at radius 1 is 1.45 bits per heavy atom. The zero-order valence-corrected chi connectivity index (χ0v) is 13.7. The van der Waals surface area contributed by atoms with Crippen LogP contribution < -0.4 is 5.32 Å². The predicted molar refractivity (Wildman–Crippen MR) is 87.0 cm³/mol. The third kappa shape index (κ3) is 3.00. The highest BCUT2D eigenvalue weighted by Gasteiger charge is 2.42. The van der Waals surface area contributed by atoms with Crippen LogP contribution in [-0.4, -0.2) is 42.6 Å². The number of ether oxygens (including phenoxy) is 1. The van der Waals surface area contributed by atoms with Gasteiger partial charge in [-0.2, -0.15) is 0 Å². The van der Waals surface area contributed by atoms with E-state index in [1.54, 1.807) is 0 Å². The Bertz CT molecular complexity index is 526. The lowest BCUT2D eigenvalue weighted by Gasteiger charge is -2.39. The third-order valence-corrected chi connectivity index (χ3v) is 5.10. The minimum Gasteiger partial charge on any atom is -0.370 e. The zero-order chi connectivity index (χ0) is 15.6.